The van der Waals surface area contributed by atoms with Crippen molar-refractivity contribution in [3.05, 3.63) is 45.7 Å². The van der Waals surface area contributed by atoms with Crippen LogP contribution in [0.5, 0.6) is 5.75 Å². The molecular weight excluding hydrogens is 253 g/mol. The summed E-state index contributed by atoms with van der Waals surface area (Å²) in [6, 6.07) is 4.47. The molecule has 1 aromatic heterocycles. The largest absolute Gasteiger partial charge is 0.488 e. The molecular formula is C13H14FNO2S. The number of aliphatic hydroxyl groups excluding tert-OH is 1. The number of ether oxygens (including phenoxy) is 1. The molecule has 0 aliphatic carbocycles. The molecule has 0 saturated heterocycles. The van der Waals surface area contributed by atoms with Crippen LogP contribution in [-0.2, 0) is 6.61 Å². The van der Waals surface area contributed by atoms with Crippen molar-refractivity contribution in [2.75, 3.05) is 0 Å². The van der Waals surface area contributed by atoms with Gasteiger partial charge in [0.2, 0.25) is 0 Å². The highest BCUT2D eigenvalue weighted by Gasteiger charge is 2.09. The summed E-state index contributed by atoms with van der Waals surface area (Å²) in [5, 5.41) is 10.3. The maximum Gasteiger partial charge on any atom is 0.132 e. The Labute approximate surface area is 109 Å². The molecule has 2 aromatic rings. The van der Waals surface area contributed by atoms with Gasteiger partial charge in [-0.05, 0) is 26.0 Å². The number of thiazole rings is 1. The summed E-state index contributed by atoms with van der Waals surface area (Å²) in [6.45, 7) is 3.82. The second-order valence-electron chi connectivity index (χ2n) is 3.99. The third kappa shape index (κ3) is 3.05. The summed E-state index contributed by atoms with van der Waals surface area (Å²) >= 11 is 1.55. The standard InChI is InChI=1S/C13H14FNO2S/c1-8(16)12-4-3-10(5-13(12)14)17-7-11-6-15-9(2)18-11/h3-6,8,16H,7H2,1-2H3/t8-/m1/s1. The Hall–Kier alpha value is -1.46. The monoisotopic (exact) mass is 267 g/mol. The fourth-order valence-electron chi connectivity index (χ4n) is 1.56. The molecule has 18 heavy (non-hydrogen) atoms. The highest BCUT2D eigenvalue weighted by atomic mass is 32.1. The van der Waals surface area contributed by atoms with E-state index in [4.69, 9.17) is 4.74 Å². The lowest BCUT2D eigenvalue weighted by molar-refractivity contribution is 0.194. The Bertz CT molecular complexity index is 540. The molecule has 5 heteroatoms. The van der Waals surface area contributed by atoms with Crippen molar-refractivity contribution in [3.8, 4) is 5.75 Å². The van der Waals surface area contributed by atoms with E-state index >= 15 is 0 Å². The van der Waals surface area contributed by atoms with Gasteiger partial charge < -0.3 is 9.84 Å². The predicted molar refractivity (Wildman–Crippen MR) is 68.2 cm³/mol. The summed E-state index contributed by atoms with van der Waals surface area (Å²) in [4.78, 5) is 5.11. The van der Waals surface area contributed by atoms with E-state index in [1.807, 2.05) is 6.92 Å². The minimum Gasteiger partial charge on any atom is -0.488 e. The molecule has 1 heterocycles. The number of halogens is 1. The fourth-order valence-corrected chi connectivity index (χ4v) is 2.27. The summed E-state index contributed by atoms with van der Waals surface area (Å²) < 4.78 is 19.1. The lowest BCUT2D eigenvalue weighted by Gasteiger charge is -2.09. The van der Waals surface area contributed by atoms with E-state index in [1.54, 1.807) is 23.6 Å². The average molecular weight is 267 g/mol. The summed E-state index contributed by atoms with van der Waals surface area (Å²) in [7, 11) is 0. The number of nitrogens with zero attached hydrogens (tertiary/aromatic N) is 1. The van der Waals surface area contributed by atoms with Crippen LogP contribution in [0.1, 0.15) is 28.5 Å². The fraction of sp³-hybridized carbons (Fsp3) is 0.308. The molecule has 96 valence electrons. The maximum absolute atomic E-state index is 13.6. The molecule has 0 amide bonds. The van der Waals surface area contributed by atoms with E-state index in [1.165, 1.54) is 19.1 Å². The molecule has 2 rings (SSSR count). The second kappa shape index (κ2) is 5.46. The first-order valence-electron chi connectivity index (χ1n) is 5.58. The zero-order valence-corrected chi connectivity index (χ0v) is 11.0. The van der Waals surface area contributed by atoms with Crippen LogP contribution in [0.2, 0.25) is 0 Å². The summed E-state index contributed by atoms with van der Waals surface area (Å²) in [5.74, 6) is -0.00839. The van der Waals surface area contributed by atoms with E-state index in [0.29, 0.717) is 12.4 Å². The molecule has 0 aliphatic heterocycles. The van der Waals surface area contributed by atoms with Gasteiger partial charge in [-0.15, -0.1) is 11.3 Å². The SMILES string of the molecule is Cc1ncc(COc2ccc([C@@H](C)O)c(F)c2)s1. The maximum atomic E-state index is 13.6. The highest BCUT2D eigenvalue weighted by Crippen LogP contribution is 2.23. The van der Waals surface area contributed by atoms with E-state index in [2.05, 4.69) is 4.98 Å². The van der Waals surface area contributed by atoms with Crippen LogP contribution in [0.3, 0.4) is 0 Å². The Morgan fingerprint density at radius 1 is 1.50 bits per heavy atom. The summed E-state index contributed by atoms with van der Waals surface area (Å²) in [6.07, 6.45) is 0.934. The predicted octanol–water partition coefficient (Wildman–Crippen LogP) is 3.22. The van der Waals surface area contributed by atoms with Crippen molar-refractivity contribution in [1.29, 1.82) is 0 Å². The molecule has 0 bridgehead atoms. The number of hydrogen-bond donors (Lipinski definition) is 1. The van der Waals surface area contributed by atoms with Crippen molar-refractivity contribution in [3.63, 3.8) is 0 Å². The van der Waals surface area contributed by atoms with Crippen molar-refractivity contribution in [2.45, 2.75) is 26.6 Å². The first-order chi connectivity index (χ1) is 8.56. The molecule has 1 N–H and O–H groups in total. The normalized spacial score (nSPS) is 12.4. The molecule has 0 saturated carbocycles. The molecule has 0 radical (unpaired) electrons. The van der Waals surface area contributed by atoms with Gasteiger partial charge in [0, 0.05) is 17.8 Å². The summed E-state index contributed by atoms with van der Waals surface area (Å²) in [5.41, 5.74) is 0.274. The topological polar surface area (TPSA) is 42.4 Å². The van der Waals surface area contributed by atoms with Gasteiger partial charge in [-0.3, -0.25) is 0 Å². The van der Waals surface area contributed by atoms with Crippen LogP contribution < -0.4 is 4.74 Å². The van der Waals surface area contributed by atoms with Crippen LogP contribution in [0.15, 0.2) is 24.4 Å². The van der Waals surface area contributed by atoms with E-state index < -0.39 is 11.9 Å². The molecule has 0 unspecified atom stereocenters. The van der Waals surface area contributed by atoms with Crippen molar-refractivity contribution < 1.29 is 14.2 Å². The average Bonchev–Trinajstić information content (AvgIpc) is 2.72. The molecule has 0 fully saturated rings. The molecule has 1 atom stereocenters. The Kier molecular flexibility index (Phi) is 3.93. The van der Waals surface area contributed by atoms with Gasteiger partial charge in [-0.2, -0.15) is 0 Å². The third-order valence-electron chi connectivity index (χ3n) is 2.47. The van der Waals surface area contributed by atoms with Crippen molar-refractivity contribution >= 4 is 11.3 Å². The zero-order chi connectivity index (χ0) is 13.1. The second-order valence-corrected chi connectivity index (χ2v) is 5.31. The number of aryl methyl sites for hydroxylation is 1. The number of aliphatic hydroxyl groups is 1. The zero-order valence-electron chi connectivity index (χ0n) is 10.2. The van der Waals surface area contributed by atoms with Gasteiger partial charge in [0.1, 0.15) is 18.2 Å². The highest BCUT2D eigenvalue weighted by molar-refractivity contribution is 7.11. The first kappa shape index (κ1) is 13.0. The van der Waals surface area contributed by atoms with Crippen LogP contribution in [0, 0.1) is 12.7 Å². The van der Waals surface area contributed by atoms with Gasteiger partial charge in [-0.1, -0.05) is 0 Å². The molecule has 0 aliphatic rings. The Morgan fingerprint density at radius 3 is 2.83 bits per heavy atom. The molecule has 1 aromatic carbocycles. The van der Waals surface area contributed by atoms with Gasteiger partial charge >= 0.3 is 0 Å². The molecule has 3 nitrogen and oxygen atoms in total. The number of rotatable bonds is 4. The third-order valence-corrected chi connectivity index (χ3v) is 3.36. The number of aromatic nitrogens is 1. The Balaban J connectivity index is 2.04. The van der Waals surface area contributed by atoms with Gasteiger partial charge in [-0.25, -0.2) is 9.37 Å². The lowest BCUT2D eigenvalue weighted by Crippen LogP contribution is -1.98. The molecule has 0 spiro atoms. The quantitative estimate of drug-likeness (QED) is 0.924. The number of hydrogen-bond acceptors (Lipinski definition) is 4. The Morgan fingerprint density at radius 2 is 2.28 bits per heavy atom. The van der Waals surface area contributed by atoms with Gasteiger partial charge in [0.25, 0.3) is 0 Å². The lowest BCUT2D eigenvalue weighted by atomic mass is 10.1. The van der Waals surface area contributed by atoms with Crippen molar-refractivity contribution in [1.82, 2.24) is 4.98 Å². The van der Waals surface area contributed by atoms with Crippen LogP contribution in [-0.4, -0.2) is 10.1 Å². The van der Waals surface area contributed by atoms with E-state index in [9.17, 15) is 9.50 Å². The van der Waals surface area contributed by atoms with Gasteiger partial charge in [0.15, 0.2) is 0 Å². The minimum absolute atomic E-state index is 0.274. The smallest absolute Gasteiger partial charge is 0.132 e. The van der Waals surface area contributed by atoms with E-state index in [0.717, 1.165) is 9.88 Å². The van der Waals surface area contributed by atoms with Crippen molar-refractivity contribution in [2.24, 2.45) is 0 Å². The van der Waals surface area contributed by atoms with Gasteiger partial charge in [0.05, 0.1) is 16.0 Å². The van der Waals surface area contributed by atoms with Crippen LogP contribution in [0.4, 0.5) is 4.39 Å². The minimum atomic E-state index is -0.816. The van der Waals surface area contributed by atoms with E-state index in [-0.39, 0.29) is 5.56 Å². The van der Waals surface area contributed by atoms with Crippen LogP contribution in [0.25, 0.3) is 0 Å². The number of benzene rings is 1. The van der Waals surface area contributed by atoms with Crippen LogP contribution >= 0.6 is 11.3 Å². The first-order valence-corrected chi connectivity index (χ1v) is 6.39.